The number of ether oxygens (including phenoxy) is 6. The van der Waals surface area contributed by atoms with Crippen LogP contribution in [0.4, 0.5) is 0 Å². The predicted molar refractivity (Wildman–Crippen MR) is 248 cm³/mol. The Morgan fingerprint density at radius 2 is 0.518 bits per heavy atom. The molecule has 0 aromatic rings. The molecule has 12 nitrogen and oxygen atoms in total. The van der Waals surface area contributed by atoms with Crippen LogP contribution in [0.15, 0.2) is 0 Å². The molecular weight excluding hydrogens is 930 g/mol. The fourth-order valence-corrected chi connectivity index (χ4v) is 30.1. The van der Waals surface area contributed by atoms with Gasteiger partial charge in [0.2, 0.25) is 0 Å². The summed E-state index contributed by atoms with van der Waals surface area (Å²) >= 11 is 0. The SMILES string of the molecule is C1COCC[NH+]2CCOCCOCCN(CCO1)CCOCCOCC2.C[Si](C)(C)[N-][Si](C)(C)C.C[Si](C)(C)[N-][Si](C)(C)C.C[Si](C)(C)[N-][Si](C)(C)C.[Ce+4].[Li+].[O-2]. The maximum Gasteiger partial charge on any atom is 4.00 e. The van der Waals surface area contributed by atoms with Crippen LogP contribution in [-0.4, -0.2) is 173 Å². The third kappa shape index (κ3) is 61.1. The molecule has 3 rings (SSSR count). The van der Waals surface area contributed by atoms with Gasteiger partial charge in [-0.05, 0) is 0 Å². The Kier molecular flexibility index (Phi) is 43.8. The van der Waals surface area contributed by atoms with Crippen LogP contribution in [0.1, 0.15) is 0 Å². The van der Waals surface area contributed by atoms with Crippen LogP contribution in [0.3, 0.4) is 0 Å². The summed E-state index contributed by atoms with van der Waals surface area (Å²) in [6.45, 7) is 55.0. The van der Waals surface area contributed by atoms with Crippen molar-refractivity contribution in [2.75, 3.05) is 119 Å². The molecule has 0 radical (unpaired) electrons. The standard InChI is InChI=1S/C18H36N2O6.3C6H18NSi2.Ce.Li.O/c1-7-21-13-14-24-10-4-20-5-11-25-17-15-22-8-2-19(1)3-9-23-16-18-26-12-6-20;3*1-8(2,3)7-9(4,5)6;;;/h1-18H2;3*1-6H3;;;/q;3*-1;+4;+1;-2/p+1. The molecule has 3 aliphatic heterocycles. The molecule has 0 atom stereocenters. The summed E-state index contributed by atoms with van der Waals surface area (Å²) in [6, 6.07) is 0. The number of hydrogen-bond acceptors (Lipinski definition) is 7. The van der Waals surface area contributed by atoms with Crippen LogP contribution in [0.25, 0.3) is 13.9 Å². The van der Waals surface area contributed by atoms with E-state index in [2.05, 4.69) is 123 Å². The molecule has 3 fully saturated rings. The molecule has 0 aromatic heterocycles. The van der Waals surface area contributed by atoms with Gasteiger partial charge in [0, 0.05) is 19.6 Å². The van der Waals surface area contributed by atoms with E-state index in [9.17, 15) is 0 Å². The van der Waals surface area contributed by atoms with Gasteiger partial charge < -0.3 is 52.7 Å². The molecule has 3 saturated heterocycles. The Bertz CT molecular complexity index is 703. The molecule has 330 valence electrons. The van der Waals surface area contributed by atoms with Crippen LogP contribution < -0.4 is 23.8 Å². The van der Waals surface area contributed by atoms with Crippen molar-refractivity contribution in [1.82, 2.24) is 4.90 Å². The number of quaternary nitrogens is 1. The Labute approximate surface area is 400 Å². The summed E-state index contributed by atoms with van der Waals surface area (Å²) < 4.78 is 48.7. The first-order valence-corrected chi connectivity index (χ1v) is 41.0. The van der Waals surface area contributed by atoms with Crippen molar-refractivity contribution in [3.63, 3.8) is 0 Å². The quantitative estimate of drug-likeness (QED) is 0.394. The van der Waals surface area contributed by atoms with Gasteiger partial charge in [-0.3, -0.25) is 4.90 Å². The van der Waals surface area contributed by atoms with Gasteiger partial charge in [0.25, 0.3) is 0 Å². The van der Waals surface area contributed by atoms with E-state index in [1.165, 1.54) is 4.90 Å². The zero-order valence-corrected chi connectivity index (χ0v) is 49.5. The van der Waals surface area contributed by atoms with Crippen molar-refractivity contribution in [1.29, 1.82) is 0 Å². The smallest absolute Gasteiger partial charge is 2.00 e. The van der Waals surface area contributed by atoms with Crippen molar-refractivity contribution < 1.29 is 99.4 Å². The zero-order valence-electron chi connectivity index (χ0n) is 40.4. The van der Waals surface area contributed by atoms with Gasteiger partial charge in [-0.2, -0.15) is 0 Å². The average Bonchev–Trinajstić information content (AvgIpc) is 2.90. The number of nitrogens with zero attached hydrogens (tertiary/aromatic N) is 4. The van der Waals surface area contributed by atoms with E-state index in [0.29, 0.717) is 59.5 Å². The van der Waals surface area contributed by atoms with E-state index in [1.54, 1.807) is 0 Å². The molecule has 0 unspecified atom stereocenters. The van der Waals surface area contributed by atoms with E-state index >= 15 is 0 Å². The molecule has 0 saturated carbocycles. The van der Waals surface area contributed by atoms with Crippen LogP contribution in [0.5, 0.6) is 0 Å². The maximum absolute atomic E-state index is 5.72. The summed E-state index contributed by atoms with van der Waals surface area (Å²) in [5.41, 5.74) is 0. The van der Waals surface area contributed by atoms with Crippen LogP contribution in [0.2, 0.25) is 118 Å². The third-order valence-electron chi connectivity index (χ3n) is 6.58. The monoisotopic (exact) mass is 1020 g/mol. The fraction of sp³-hybridized carbons (Fsp3) is 1.00. The average molecular weight is 1020 g/mol. The van der Waals surface area contributed by atoms with Gasteiger partial charge >= 0.3 is 60.6 Å². The second-order valence-corrected chi connectivity index (χ2v) is 48.6. The largest absolute Gasteiger partial charge is 4.00 e. The number of hydrogen-bond donors (Lipinski definition) is 1. The Hall–Kier alpha value is 2.80. The maximum atomic E-state index is 5.72. The molecule has 2 bridgehead atoms. The van der Waals surface area contributed by atoms with Gasteiger partial charge in [0.05, 0.1) is 79.3 Å². The normalized spacial score (nSPS) is 20.9. The summed E-state index contributed by atoms with van der Waals surface area (Å²) in [5.74, 6) is 0. The van der Waals surface area contributed by atoms with Crippen LogP contribution in [-0.2, 0) is 33.9 Å². The van der Waals surface area contributed by atoms with E-state index in [1.807, 2.05) is 0 Å². The van der Waals surface area contributed by atoms with E-state index in [4.69, 9.17) is 42.4 Å². The molecule has 1 N–H and O–H groups in total. The predicted octanol–water partition coefficient (Wildman–Crippen LogP) is 4.28. The van der Waals surface area contributed by atoms with Crippen molar-refractivity contribution in [2.24, 2.45) is 0 Å². The Morgan fingerprint density at radius 1 is 0.339 bits per heavy atom. The summed E-state index contributed by atoms with van der Waals surface area (Å²) in [7, 11) is -6.64. The zero-order chi connectivity index (χ0) is 41.2. The van der Waals surface area contributed by atoms with Gasteiger partial charge in [-0.15, -0.1) is 0 Å². The first-order valence-electron chi connectivity index (χ1n) is 20.3. The van der Waals surface area contributed by atoms with Gasteiger partial charge in [0.15, 0.2) is 0 Å². The second kappa shape index (κ2) is 36.2. The summed E-state index contributed by atoms with van der Waals surface area (Å²) in [4.78, 5) is 3.75. The van der Waals surface area contributed by atoms with E-state index < -0.39 is 49.4 Å². The minimum absolute atomic E-state index is 0. The van der Waals surface area contributed by atoms with E-state index in [0.717, 1.165) is 59.1 Å². The molecule has 0 aliphatic carbocycles. The first-order chi connectivity index (χ1) is 24.1. The minimum Gasteiger partial charge on any atom is -2.00 e. The van der Waals surface area contributed by atoms with Crippen LogP contribution >= 0.6 is 0 Å². The topological polar surface area (TPSA) is 134 Å². The number of rotatable bonds is 6. The Morgan fingerprint density at radius 3 is 0.679 bits per heavy atom. The van der Waals surface area contributed by atoms with Crippen molar-refractivity contribution >= 4 is 49.4 Å². The van der Waals surface area contributed by atoms with Crippen molar-refractivity contribution in [2.45, 2.75) is 118 Å². The van der Waals surface area contributed by atoms with Gasteiger partial charge in [-0.25, -0.2) is 0 Å². The molecule has 0 aromatic carbocycles. The number of nitrogens with one attached hydrogen (secondary N) is 1. The molecule has 0 spiro atoms. The minimum atomic E-state index is -1.11. The van der Waals surface area contributed by atoms with Gasteiger partial charge in [-0.1, -0.05) is 167 Å². The summed E-state index contributed by atoms with van der Waals surface area (Å²) in [6.07, 6.45) is 0. The summed E-state index contributed by atoms with van der Waals surface area (Å²) in [5, 5.41) is 0. The number of fused-ring (bicyclic) bond motifs is 21. The third-order valence-corrected chi connectivity index (χ3v) is 22.7. The molecule has 20 heteroatoms. The van der Waals surface area contributed by atoms with E-state index in [-0.39, 0.29) is 66.1 Å². The molecule has 56 heavy (non-hydrogen) atoms. The first kappa shape index (κ1) is 67.9. The van der Waals surface area contributed by atoms with Crippen molar-refractivity contribution in [3.05, 3.63) is 13.9 Å². The molecule has 0 amide bonds. The molecular formula is C36H91CeLiN5O7Si6+. The fourth-order valence-electron chi connectivity index (χ4n) is 5.93. The molecule has 3 heterocycles. The van der Waals surface area contributed by atoms with Crippen molar-refractivity contribution in [3.8, 4) is 0 Å². The second-order valence-electron chi connectivity index (χ2n) is 19.9. The van der Waals surface area contributed by atoms with Crippen LogP contribution in [0, 0.1) is 41.7 Å². The Balaban J connectivity index is -0.000000240. The molecule has 3 aliphatic rings. The van der Waals surface area contributed by atoms with Gasteiger partial charge in [0.1, 0.15) is 19.6 Å².